The number of methoxy groups -OCH3 is 1. The van der Waals surface area contributed by atoms with E-state index in [1.165, 1.54) is 37.4 Å². The molecule has 3 aromatic carbocycles. The number of ether oxygens (including phenoxy) is 1. The molecular weight excluding hydrogens is 419 g/mol. The molecule has 0 fully saturated rings. The lowest BCUT2D eigenvalue weighted by molar-refractivity contribution is -0.119. The Morgan fingerprint density at radius 3 is 2.32 bits per heavy atom. The number of carbonyl (C=O) groups excluding carboxylic acids is 1. The van der Waals surface area contributed by atoms with Crippen molar-refractivity contribution in [1.29, 1.82) is 0 Å². The molecule has 0 aliphatic carbocycles. The molecule has 8 heteroatoms. The number of nitrogens with one attached hydrogen (secondary N) is 1. The highest BCUT2D eigenvalue weighted by molar-refractivity contribution is 7.92. The number of amides is 1. The van der Waals surface area contributed by atoms with Crippen molar-refractivity contribution in [2.24, 2.45) is 0 Å². The Kier molecular flexibility index (Phi) is 6.91. The third-order valence-corrected chi connectivity index (χ3v) is 6.46. The minimum Gasteiger partial charge on any atom is -0.496 e. The summed E-state index contributed by atoms with van der Waals surface area (Å²) in [7, 11) is -2.65. The Labute approximate surface area is 181 Å². The van der Waals surface area contributed by atoms with Crippen LogP contribution >= 0.6 is 0 Å². The summed E-state index contributed by atoms with van der Waals surface area (Å²) < 4.78 is 47.1. The van der Waals surface area contributed by atoms with E-state index in [1.54, 1.807) is 36.4 Å². The molecule has 0 aliphatic rings. The van der Waals surface area contributed by atoms with Gasteiger partial charge in [0.05, 0.1) is 17.7 Å². The quantitative estimate of drug-likeness (QED) is 0.578. The molecule has 0 saturated heterocycles. The number of nitrogens with zero attached hydrogens (tertiary/aromatic N) is 1. The molecule has 3 rings (SSSR count). The van der Waals surface area contributed by atoms with Crippen molar-refractivity contribution in [3.05, 3.63) is 89.7 Å². The summed E-state index contributed by atoms with van der Waals surface area (Å²) in [6.45, 7) is 1.39. The molecule has 6 nitrogen and oxygen atoms in total. The molecule has 0 unspecified atom stereocenters. The minimum absolute atomic E-state index is 0.0288. The molecule has 0 saturated carbocycles. The van der Waals surface area contributed by atoms with Crippen LogP contribution in [0.15, 0.2) is 77.7 Å². The summed E-state index contributed by atoms with van der Waals surface area (Å²) in [6, 6.07) is 18.8. The van der Waals surface area contributed by atoms with Crippen LogP contribution in [0.3, 0.4) is 0 Å². The van der Waals surface area contributed by atoms with Gasteiger partial charge in [-0.3, -0.25) is 9.10 Å². The monoisotopic (exact) mass is 442 g/mol. The van der Waals surface area contributed by atoms with Gasteiger partial charge in [-0.05, 0) is 37.3 Å². The van der Waals surface area contributed by atoms with E-state index in [0.29, 0.717) is 5.75 Å². The fourth-order valence-electron chi connectivity index (χ4n) is 3.02. The number of aryl methyl sites for hydroxylation is 1. The predicted molar refractivity (Wildman–Crippen MR) is 117 cm³/mol. The van der Waals surface area contributed by atoms with Crippen molar-refractivity contribution in [3.8, 4) is 5.75 Å². The summed E-state index contributed by atoms with van der Waals surface area (Å²) in [6.07, 6.45) is 0. The van der Waals surface area contributed by atoms with Crippen LogP contribution in [0.2, 0.25) is 0 Å². The van der Waals surface area contributed by atoms with Crippen molar-refractivity contribution in [2.45, 2.75) is 18.4 Å². The van der Waals surface area contributed by atoms with Crippen molar-refractivity contribution in [2.75, 3.05) is 18.0 Å². The lowest BCUT2D eigenvalue weighted by Crippen LogP contribution is -2.41. The Morgan fingerprint density at radius 1 is 1.00 bits per heavy atom. The molecule has 0 bridgehead atoms. The molecule has 162 valence electrons. The van der Waals surface area contributed by atoms with Gasteiger partial charge in [-0.1, -0.05) is 48.0 Å². The minimum atomic E-state index is -4.18. The molecule has 0 aliphatic heterocycles. The highest BCUT2D eigenvalue weighted by atomic mass is 32.2. The van der Waals surface area contributed by atoms with Gasteiger partial charge in [0.15, 0.2) is 0 Å². The Bertz CT molecular complexity index is 1160. The zero-order valence-corrected chi connectivity index (χ0v) is 18.0. The predicted octanol–water partition coefficient (Wildman–Crippen LogP) is 3.65. The zero-order valence-electron chi connectivity index (χ0n) is 17.2. The number of para-hydroxylation sites is 2. The lowest BCUT2D eigenvalue weighted by Gasteiger charge is -2.24. The summed E-state index contributed by atoms with van der Waals surface area (Å²) >= 11 is 0. The largest absolute Gasteiger partial charge is 0.496 e. The van der Waals surface area contributed by atoms with Crippen LogP contribution in [-0.2, 0) is 21.4 Å². The zero-order chi connectivity index (χ0) is 22.4. The van der Waals surface area contributed by atoms with Crippen LogP contribution < -0.4 is 14.4 Å². The van der Waals surface area contributed by atoms with Crippen LogP contribution in [0.1, 0.15) is 11.1 Å². The fourth-order valence-corrected chi connectivity index (χ4v) is 4.45. The number of benzene rings is 3. The van der Waals surface area contributed by atoms with E-state index >= 15 is 0 Å². The van der Waals surface area contributed by atoms with Gasteiger partial charge in [-0.2, -0.15) is 0 Å². The number of hydrogen-bond donors (Lipinski definition) is 1. The third kappa shape index (κ3) is 5.21. The number of carbonyl (C=O) groups is 1. The Hall–Kier alpha value is -3.39. The number of halogens is 1. The van der Waals surface area contributed by atoms with E-state index in [-0.39, 0.29) is 17.1 Å². The van der Waals surface area contributed by atoms with Gasteiger partial charge >= 0.3 is 0 Å². The molecule has 0 aromatic heterocycles. The van der Waals surface area contributed by atoms with E-state index < -0.39 is 28.3 Å². The standard InChI is InChI=1S/C23H23FN2O4S/c1-17-11-13-19(14-12-17)31(28,29)26(21-9-5-4-8-20(21)24)16-23(27)25-15-18-7-3-6-10-22(18)30-2/h3-14H,15-16H2,1-2H3,(H,25,27). The smallest absolute Gasteiger partial charge is 0.264 e. The maximum absolute atomic E-state index is 14.5. The van der Waals surface area contributed by atoms with Crippen LogP contribution in [0.5, 0.6) is 5.75 Å². The summed E-state index contributed by atoms with van der Waals surface area (Å²) in [4.78, 5) is 12.6. The topological polar surface area (TPSA) is 75.7 Å². The second-order valence-electron chi connectivity index (χ2n) is 6.86. The summed E-state index contributed by atoms with van der Waals surface area (Å²) in [5, 5.41) is 2.68. The first kappa shape index (κ1) is 22.3. The first-order valence-electron chi connectivity index (χ1n) is 9.55. The summed E-state index contributed by atoms with van der Waals surface area (Å²) in [5.41, 5.74) is 1.42. The van der Waals surface area contributed by atoms with Gasteiger partial charge in [0.1, 0.15) is 18.1 Å². The molecule has 3 aromatic rings. The van der Waals surface area contributed by atoms with Gasteiger partial charge in [0.25, 0.3) is 10.0 Å². The molecule has 0 radical (unpaired) electrons. The van der Waals surface area contributed by atoms with Gasteiger partial charge in [-0.15, -0.1) is 0 Å². The van der Waals surface area contributed by atoms with Crippen molar-refractivity contribution in [1.82, 2.24) is 5.32 Å². The van der Waals surface area contributed by atoms with E-state index in [2.05, 4.69) is 5.32 Å². The van der Waals surface area contributed by atoms with E-state index in [9.17, 15) is 17.6 Å². The first-order valence-corrected chi connectivity index (χ1v) is 11.0. The normalized spacial score (nSPS) is 11.1. The SMILES string of the molecule is COc1ccccc1CNC(=O)CN(c1ccccc1F)S(=O)(=O)c1ccc(C)cc1. The van der Waals surface area contributed by atoms with Crippen LogP contribution in [-0.4, -0.2) is 28.0 Å². The fraction of sp³-hybridized carbons (Fsp3) is 0.174. The highest BCUT2D eigenvalue weighted by Gasteiger charge is 2.29. The Morgan fingerprint density at radius 2 is 1.65 bits per heavy atom. The number of sulfonamides is 1. The van der Waals surface area contributed by atoms with Crippen LogP contribution in [0, 0.1) is 12.7 Å². The molecule has 31 heavy (non-hydrogen) atoms. The van der Waals surface area contributed by atoms with Gasteiger partial charge in [0, 0.05) is 12.1 Å². The number of rotatable bonds is 8. The first-order chi connectivity index (χ1) is 14.8. The second-order valence-corrected chi connectivity index (χ2v) is 8.73. The van der Waals surface area contributed by atoms with Crippen molar-refractivity contribution < 1.29 is 22.3 Å². The van der Waals surface area contributed by atoms with Gasteiger partial charge in [0.2, 0.25) is 5.91 Å². The summed E-state index contributed by atoms with van der Waals surface area (Å²) in [5.74, 6) is -0.721. The maximum atomic E-state index is 14.5. The maximum Gasteiger partial charge on any atom is 0.264 e. The van der Waals surface area contributed by atoms with E-state index in [1.807, 2.05) is 6.92 Å². The average molecular weight is 443 g/mol. The van der Waals surface area contributed by atoms with E-state index in [4.69, 9.17) is 4.74 Å². The van der Waals surface area contributed by atoms with Crippen LogP contribution in [0.4, 0.5) is 10.1 Å². The highest BCUT2D eigenvalue weighted by Crippen LogP contribution is 2.26. The lowest BCUT2D eigenvalue weighted by atomic mass is 10.2. The van der Waals surface area contributed by atoms with Gasteiger partial charge < -0.3 is 10.1 Å². The third-order valence-electron chi connectivity index (χ3n) is 4.69. The molecule has 1 amide bonds. The Balaban J connectivity index is 1.88. The van der Waals surface area contributed by atoms with Crippen molar-refractivity contribution in [3.63, 3.8) is 0 Å². The van der Waals surface area contributed by atoms with Gasteiger partial charge in [-0.25, -0.2) is 12.8 Å². The van der Waals surface area contributed by atoms with Crippen LogP contribution in [0.25, 0.3) is 0 Å². The molecule has 0 atom stereocenters. The second kappa shape index (κ2) is 9.61. The number of hydrogen-bond acceptors (Lipinski definition) is 4. The van der Waals surface area contributed by atoms with Crippen molar-refractivity contribution >= 4 is 21.6 Å². The number of anilines is 1. The average Bonchev–Trinajstić information content (AvgIpc) is 2.77. The molecule has 0 spiro atoms. The molecule has 0 heterocycles. The van der Waals surface area contributed by atoms with E-state index in [0.717, 1.165) is 21.5 Å². The molecule has 1 N–H and O–H groups in total. The molecular formula is C23H23FN2O4S.